The van der Waals surface area contributed by atoms with E-state index >= 15 is 0 Å². The van der Waals surface area contributed by atoms with Crippen molar-refractivity contribution < 1.29 is 8.42 Å². The molecule has 0 spiro atoms. The average Bonchev–Trinajstić information content (AvgIpc) is 2.83. The molecule has 0 saturated heterocycles. The van der Waals surface area contributed by atoms with E-state index in [2.05, 4.69) is 4.72 Å². The Hall–Kier alpha value is -0.283. The molecule has 0 aliphatic carbocycles. The molecule has 1 aromatic heterocycles. The fraction of sp³-hybridized carbons (Fsp3) is 0.333. The molecule has 0 aliphatic heterocycles. The van der Waals surface area contributed by atoms with Crippen molar-refractivity contribution in [2.24, 2.45) is 0 Å². The van der Waals surface area contributed by atoms with Crippen LogP contribution in [0.3, 0.4) is 0 Å². The predicted molar refractivity (Wildman–Crippen MR) is 94.4 cm³/mol. The molecule has 2 aromatic rings. The summed E-state index contributed by atoms with van der Waals surface area (Å²) in [6, 6.07) is 8.53. The number of nitrogens with one attached hydrogen (secondary N) is 1. The fourth-order valence-corrected chi connectivity index (χ4v) is 4.48. The van der Waals surface area contributed by atoms with E-state index in [4.69, 9.17) is 11.6 Å². The second kappa shape index (κ2) is 8.54. The van der Waals surface area contributed by atoms with Gasteiger partial charge in [0.05, 0.1) is 9.92 Å². The van der Waals surface area contributed by atoms with Crippen molar-refractivity contribution in [1.82, 2.24) is 4.72 Å². The van der Waals surface area contributed by atoms with Gasteiger partial charge in [0.2, 0.25) is 10.0 Å². The van der Waals surface area contributed by atoms with Gasteiger partial charge in [-0.3, -0.25) is 0 Å². The van der Waals surface area contributed by atoms with Crippen molar-refractivity contribution in [3.63, 3.8) is 0 Å². The van der Waals surface area contributed by atoms with Crippen molar-refractivity contribution in [2.45, 2.75) is 37.6 Å². The van der Waals surface area contributed by atoms with Crippen LogP contribution in [0.5, 0.6) is 0 Å². The number of thiophene rings is 1. The normalized spacial score (nSPS) is 12.7. The molecule has 3 nitrogen and oxygen atoms in total. The van der Waals surface area contributed by atoms with Gasteiger partial charge in [-0.25, -0.2) is 13.1 Å². The van der Waals surface area contributed by atoms with Gasteiger partial charge in [0.1, 0.15) is 0 Å². The molecule has 1 atom stereocenters. The molecule has 1 radical (unpaired) electrons. The summed E-state index contributed by atoms with van der Waals surface area (Å²) in [5.41, 5.74) is 1.03. The molecular weight excluding hydrogens is 333 g/mol. The van der Waals surface area contributed by atoms with E-state index in [9.17, 15) is 8.42 Å². The monoisotopic (exact) mass is 350 g/mol. The first-order valence-corrected chi connectivity index (χ1v) is 9.47. The molecule has 0 saturated carbocycles. The summed E-state index contributed by atoms with van der Waals surface area (Å²) < 4.78 is 27.5. The summed E-state index contributed by atoms with van der Waals surface area (Å²) in [6.45, 7) is 3.89. The quantitative estimate of drug-likeness (QED) is 0.809. The predicted octanol–water partition coefficient (Wildman–Crippen LogP) is 3.63. The van der Waals surface area contributed by atoms with Gasteiger partial charge in [0, 0.05) is 29.8 Å². The average molecular weight is 351 g/mol. The zero-order valence-electron chi connectivity index (χ0n) is 13.0. The van der Waals surface area contributed by atoms with Gasteiger partial charge in [0.15, 0.2) is 0 Å². The molecule has 0 unspecified atom stereocenters. The van der Waals surface area contributed by atoms with E-state index in [-0.39, 0.29) is 24.9 Å². The Morgan fingerprint density at radius 3 is 2.36 bits per heavy atom. The molecule has 0 fully saturated rings. The van der Waals surface area contributed by atoms with Gasteiger partial charge >= 0.3 is 0 Å². The van der Waals surface area contributed by atoms with Crippen molar-refractivity contribution in [1.29, 1.82) is 0 Å². The third-order valence-electron chi connectivity index (χ3n) is 3.27. The number of hydrogen-bond acceptors (Lipinski definition) is 3. The topological polar surface area (TPSA) is 46.2 Å². The molecule has 0 amide bonds. The third kappa shape index (κ3) is 5.12. The van der Waals surface area contributed by atoms with Crippen LogP contribution >= 0.6 is 22.9 Å². The summed E-state index contributed by atoms with van der Waals surface area (Å²) in [4.78, 5) is 1.30. The molecular formula is C15H18ClLiNO2S2. The van der Waals surface area contributed by atoms with Crippen molar-refractivity contribution in [3.8, 4) is 0 Å². The Bertz CT molecular complexity index is 699. The van der Waals surface area contributed by atoms with Gasteiger partial charge in [-0.2, -0.15) is 0 Å². The third-order valence-corrected chi connectivity index (χ3v) is 6.21. The van der Waals surface area contributed by atoms with Crippen LogP contribution in [0.1, 0.15) is 23.8 Å². The van der Waals surface area contributed by atoms with Gasteiger partial charge < -0.3 is 0 Å². The summed E-state index contributed by atoms with van der Waals surface area (Å²) in [7, 11) is -3.49. The van der Waals surface area contributed by atoms with Crippen molar-refractivity contribution in [3.05, 3.63) is 51.2 Å². The largest absolute Gasteiger partial charge is 0.240 e. The summed E-state index contributed by atoms with van der Waals surface area (Å²) in [6.07, 6.45) is 1.32. The van der Waals surface area contributed by atoms with E-state index in [0.717, 1.165) is 10.4 Å². The van der Waals surface area contributed by atoms with E-state index < -0.39 is 10.0 Å². The van der Waals surface area contributed by atoms with E-state index in [1.807, 2.05) is 25.3 Å². The number of aryl methyl sites for hydroxylation is 1. The molecule has 7 heteroatoms. The first-order valence-electron chi connectivity index (χ1n) is 6.73. The summed E-state index contributed by atoms with van der Waals surface area (Å²) >= 11 is 7.63. The van der Waals surface area contributed by atoms with Crippen molar-refractivity contribution in [2.75, 3.05) is 0 Å². The summed E-state index contributed by atoms with van der Waals surface area (Å²) in [5.74, 6) is 0. The number of rotatable bonds is 6. The van der Waals surface area contributed by atoms with E-state index in [1.54, 1.807) is 35.6 Å². The Kier molecular flexibility index (Phi) is 7.67. The van der Waals surface area contributed by atoms with Gasteiger partial charge in [0.25, 0.3) is 0 Å². The van der Waals surface area contributed by atoms with Crippen LogP contribution in [0.4, 0.5) is 0 Å². The first kappa shape index (κ1) is 19.8. The van der Waals surface area contributed by atoms with Crippen molar-refractivity contribution >= 4 is 51.8 Å². The zero-order chi connectivity index (χ0) is 15.5. The Balaban J connectivity index is 0.00000242. The molecule has 22 heavy (non-hydrogen) atoms. The van der Waals surface area contributed by atoms with Crippen LogP contribution in [0.15, 0.2) is 40.6 Å². The van der Waals surface area contributed by atoms with Crippen LogP contribution in [0.2, 0.25) is 5.02 Å². The SMILES string of the molecule is CC[C@H](Cc1sccc1Cl)NS(=O)(=O)c1ccc(C)cc1.[Li]. The molecule has 115 valence electrons. The number of sulfonamides is 1. The number of hydrogen-bond donors (Lipinski definition) is 1. The first-order chi connectivity index (χ1) is 9.92. The molecule has 1 heterocycles. The minimum Gasteiger partial charge on any atom is -0.208 e. The van der Waals surface area contributed by atoms with Crippen LogP contribution in [-0.4, -0.2) is 33.3 Å². The maximum atomic E-state index is 12.4. The fourth-order valence-electron chi connectivity index (χ4n) is 1.97. The van der Waals surface area contributed by atoms with Crippen LogP contribution < -0.4 is 4.72 Å². The minimum absolute atomic E-state index is 0. The Morgan fingerprint density at radius 2 is 1.86 bits per heavy atom. The Morgan fingerprint density at radius 1 is 1.23 bits per heavy atom. The van der Waals surface area contributed by atoms with Crippen LogP contribution in [0.25, 0.3) is 0 Å². The molecule has 1 N–H and O–H groups in total. The van der Waals surface area contributed by atoms with E-state index in [0.29, 0.717) is 22.8 Å². The smallest absolute Gasteiger partial charge is 0.208 e. The van der Waals surface area contributed by atoms with Crippen LogP contribution in [0, 0.1) is 6.92 Å². The standard InChI is InChI=1S/C15H18ClNO2S2.Li/c1-3-12(10-15-14(16)8-9-20-15)17-21(18,19)13-6-4-11(2)5-7-13;/h4-9,12,17H,3,10H2,1-2H3;/t12-;/m1./s1. The van der Waals surface area contributed by atoms with Gasteiger partial charge in [-0.15, -0.1) is 11.3 Å². The maximum Gasteiger partial charge on any atom is 0.240 e. The molecule has 0 bridgehead atoms. The summed E-state index contributed by atoms with van der Waals surface area (Å²) in [5, 5.41) is 2.62. The maximum absolute atomic E-state index is 12.4. The minimum atomic E-state index is -3.49. The molecule has 1 aromatic carbocycles. The molecule has 2 rings (SSSR count). The zero-order valence-corrected chi connectivity index (χ0v) is 15.4. The van der Waals surface area contributed by atoms with Crippen LogP contribution in [-0.2, 0) is 16.4 Å². The Labute approximate surface area is 153 Å². The molecule has 0 aliphatic rings. The van der Waals surface area contributed by atoms with Gasteiger partial charge in [-0.05, 0) is 43.3 Å². The number of halogens is 1. The van der Waals surface area contributed by atoms with Gasteiger partial charge in [-0.1, -0.05) is 36.2 Å². The second-order valence-electron chi connectivity index (χ2n) is 4.94. The second-order valence-corrected chi connectivity index (χ2v) is 8.06. The number of benzene rings is 1. The van der Waals surface area contributed by atoms with E-state index in [1.165, 1.54) is 0 Å².